The molecule has 0 atom stereocenters. The fourth-order valence-corrected chi connectivity index (χ4v) is 23.2. The van der Waals surface area contributed by atoms with E-state index in [4.69, 9.17) is 32.5 Å². The van der Waals surface area contributed by atoms with Gasteiger partial charge in [0.05, 0.1) is 11.2 Å². The minimum atomic E-state index is -0.446. The average Bonchev–Trinajstić information content (AvgIpc) is 1.62. The molecule has 4 aromatic heterocycles. The molecule has 6 nitrogen and oxygen atoms in total. The SMILES string of the molecule is Brc1ccc2cnccc2c1.C.CC1(C)OB(c2cccnc2Cl)OC1(C)C.Clc1ncccc1-c1ccc2cnccc2c1.[Pd].c1ccc(P(c2ccccc2)c2ccccc2)cc1.c1ccc(P(c2ccccc2)c2ccccc2)cc1.c1ccc(P(c2ccccc2)c2ccccc2)cc1.c1ccc(P(c2ccccc2)c2ccccc2)cc1. The first kappa shape index (κ1) is 92.3. The summed E-state index contributed by atoms with van der Waals surface area (Å²) in [6, 6.07) is 153. The van der Waals surface area contributed by atoms with Gasteiger partial charge in [-0.25, -0.2) is 9.97 Å². The molecule has 19 rings (SSSR count). The second-order valence-electron chi connectivity index (χ2n) is 28.5. The van der Waals surface area contributed by atoms with Crippen molar-refractivity contribution in [3.63, 3.8) is 0 Å². The molecule has 608 valence electrons. The molecule has 1 aliphatic heterocycles. The second-order valence-corrected chi connectivity index (χ2v) is 39.0. The molecule has 18 aromatic rings. The first-order chi connectivity index (χ1) is 58.8. The number of aromatic nitrogens is 4. The summed E-state index contributed by atoms with van der Waals surface area (Å²) < 4.78 is 12.9. The minimum Gasteiger partial charge on any atom is -0.399 e. The van der Waals surface area contributed by atoms with Gasteiger partial charge in [0.25, 0.3) is 0 Å². The van der Waals surface area contributed by atoms with Crippen LogP contribution in [0.15, 0.2) is 478 Å². The summed E-state index contributed by atoms with van der Waals surface area (Å²) in [7, 11) is -2.22. The van der Waals surface area contributed by atoms with Crippen molar-refractivity contribution in [3.8, 4) is 11.1 Å². The van der Waals surface area contributed by atoms with Crippen molar-refractivity contribution in [1.29, 1.82) is 0 Å². The van der Waals surface area contributed by atoms with E-state index in [1.165, 1.54) is 74.4 Å². The van der Waals surface area contributed by atoms with Gasteiger partial charge in [-0.3, -0.25) is 9.97 Å². The largest absolute Gasteiger partial charge is 0.498 e. The van der Waals surface area contributed by atoms with Crippen LogP contribution >= 0.6 is 70.8 Å². The maximum atomic E-state index is 6.09. The fourth-order valence-electron chi connectivity index (χ4n) is 13.2. The van der Waals surface area contributed by atoms with Gasteiger partial charge in [-0.05, 0) is 188 Å². The molecule has 0 saturated carbocycles. The van der Waals surface area contributed by atoms with E-state index < -0.39 is 38.8 Å². The van der Waals surface area contributed by atoms with Crippen molar-refractivity contribution >= 4 is 169 Å². The number of hydrogen-bond donors (Lipinski definition) is 0. The zero-order chi connectivity index (χ0) is 83.0. The summed E-state index contributed by atoms with van der Waals surface area (Å²) >= 11 is 15.5. The van der Waals surface area contributed by atoms with Crippen molar-refractivity contribution in [1.82, 2.24) is 19.9 Å². The number of benzene rings is 14. The van der Waals surface area contributed by atoms with E-state index in [1.807, 2.05) is 101 Å². The van der Waals surface area contributed by atoms with Crippen molar-refractivity contribution in [3.05, 3.63) is 489 Å². The van der Waals surface area contributed by atoms with Gasteiger partial charge >= 0.3 is 7.12 Å². The summed E-state index contributed by atoms with van der Waals surface area (Å²) in [5.74, 6) is 0. The van der Waals surface area contributed by atoms with Gasteiger partial charge in [0.2, 0.25) is 0 Å². The normalized spacial score (nSPS) is 11.9. The van der Waals surface area contributed by atoms with Crippen LogP contribution in [0.5, 0.6) is 0 Å². The second kappa shape index (κ2) is 47.9. The molecule has 1 saturated heterocycles. The van der Waals surface area contributed by atoms with Crippen LogP contribution in [0, 0.1) is 0 Å². The standard InChI is InChI=1S/4C18H15P.C14H9ClN2.C11H15BClNO2.C9H6BrN.CH4.Pd/c4*1-4-10-16(11-5-1)19(17-12-6-2-7-13-17)18-14-8-3-9-15-18;15-14-13(2-1-6-17-14)11-3-4-12-9-16-7-5-10(12)8-11;1-10(2)11(3,4)16-12(15-10)8-6-5-7-14-9(8)13;10-9-2-1-8-6-11-4-3-7(8)5-9;;/h4*1-15H;1-9H;5-7H,1-4H3;1-6H;1H4;. The molecular formula is C107H94BBrCl2N4O2P4Pd. The Balaban J connectivity index is 0.000000139. The van der Waals surface area contributed by atoms with Crippen LogP contribution in [0.3, 0.4) is 0 Å². The summed E-state index contributed by atoms with van der Waals surface area (Å²) in [4.78, 5) is 16.2. The van der Waals surface area contributed by atoms with Crippen LogP contribution in [-0.2, 0) is 29.7 Å². The molecule has 0 amide bonds. The Morgan fingerprint density at radius 3 is 0.779 bits per heavy atom. The van der Waals surface area contributed by atoms with Crippen molar-refractivity contribution < 1.29 is 29.7 Å². The molecule has 0 spiro atoms. The number of pyridine rings is 4. The molecule has 122 heavy (non-hydrogen) atoms. The number of nitrogens with zero attached hydrogens (tertiary/aromatic N) is 4. The maximum absolute atomic E-state index is 6.09. The molecule has 14 aromatic carbocycles. The Hall–Kier alpha value is -10.4. The monoisotopic (exact) mass is 1860 g/mol. The minimum absolute atomic E-state index is 0. The van der Waals surface area contributed by atoms with E-state index >= 15 is 0 Å². The van der Waals surface area contributed by atoms with E-state index in [-0.39, 0.29) is 39.1 Å². The molecule has 0 bridgehead atoms. The number of rotatable bonds is 14. The van der Waals surface area contributed by atoms with Gasteiger partial charge in [0.1, 0.15) is 10.3 Å². The number of fused-ring (bicyclic) bond motifs is 2. The van der Waals surface area contributed by atoms with Gasteiger partial charge in [0.15, 0.2) is 0 Å². The summed E-state index contributed by atoms with van der Waals surface area (Å²) in [5.41, 5.74) is 2.10. The molecule has 0 unspecified atom stereocenters. The van der Waals surface area contributed by atoms with Crippen LogP contribution in [0.1, 0.15) is 35.1 Å². The van der Waals surface area contributed by atoms with E-state index in [1.54, 1.807) is 24.8 Å². The van der Waals surface area contributed by atoms with Crippen molar-refractivity contribution in [2.45, 2.75) is 46.3 Å². The van der Waals surface area contributed by atoms with Crippen LogP contribution < -0.4 is 69.1 Å². The Labute approximate surface area is 757 Å². The van der Waals surface area contributed by atoms with Crippen molar-refractivity contribution in [2.75, 3.05) is 0 Å². The molecule has 1 fully saturated rings. The predicted octanol–water partition coefficient (Wildman–Crippen LogP) is 23.4. The van der Waals surface area contributed by atoms with Gasteiger partial charge in [-0.15, -0.1) is 0 Å². The molecule has 5 heterocycles. The van der Waals surface area contributed by atoms with E-state index in [0.717, 1.165) is 31.8 Å². The van der Waals surface area contributed by atoms with E-state index in [0.29, 0.717) is 10.3 Å². The molecule has 15 heteroatoms. The zero-order valence-electron chi connectivity index (χ0n) is 67.5. The van der Waals surface area contributed by atoms with Crippen LogP contribution in [0.25, 0.3) is 32.7 Å². The molecule has 1 aliphatic rings. The smallest absolute Gasteiger partial charge is 0.399 e. The van der Waals surface area contributed by atoms with Crippen LogP contribution in [-0.4, -0.2) is 38.3 Å². The Bertz CT molecular complexity index is 5200. The first-order valence-corrected chi connectivity index (χ1v) is 46.5. The van der Waals surface area contributed by atoms with Crippen LogP contribution in [0.4, 0.5) is 0 Å². The topological polar surface area (TPSA) is 70.0 Å². The summed E-state index contributed by atoms with van der Waals surface area (Å²) in [5, 5.41) is 22.4. The molecule has 0 radical (unpaired) electrons. The number of halogens is 3. The number of hydrogen-bond acceptors (Lipinski definition) is 6. The first-order valence-electron chi connectivity index (χ1n) is 39.6. The Morgan fingerprint density at radius 1 is 0.270 bits per heavy atom. The third-order valence-corrected chi connectivity index (χ3v) is 30.7. The Kier molecular flexibility index (Phi) is 36.2. The van der Waals surface area contributed by atoms with Gasteiger partial charge in [-0.1, -0.05) is 435 Å². The zero-order valence-corrected chi connectivity index (χ0v) is 75.7. The van der Waals surface area contributed by atoms with Gasteiger partial charge in [-0.2, -0.15) is 0 Å². The van der Waals surface area contributed by atoms with Crippen LogP contribution in [0.2, 0.25) is 10.3 Å². The third kappa shape index (κ3) is 26.1. The Morgan fingerprint density at radius 2 is 0.516 bits per heavy atom. The predicted molar refractivity (Wildman–Crippen MR) is 532 cm³/mol. The average molecular weight is 1860 g/mol. The molecule has 0 aliphatic carbocycles. The summed E-state index contributed by atoms with van der Waals surface area (Å²) in [6.07, 6.45) is 10.6. The van der Waals surface area contributed by atoms with E-state index in [2.05, 4.69) is 412 Å². The molecule has 0 N–H and O–H groups in total. The fraction of sp³-hybridized carbons (Fsp3) is 0.0654. The third-order valence-electron chi connectivity index (χ3n) is 19.8. The summed E-state index contributed by atoms with van der Waals surface area (Å²) in [6.45, 7) is 8.04. The van der Waals surface area contributed by atoms with Gasteiger partial charge in [0, 0.05) is 83.9 Å². The molecular weight excluding hydrogens is 1770 g/mol. The maximum Gasteiger partial charge on any atom is 0.498 e. The van der Waals surface area contributed by atoms with Gasteiger partial charge < -0.3 is 9.31 Å². The quantitative estimate of drug-likeness (QED) is 0.0614. The van der Waals surface area contributed by atoms with Crippen molar-refractivity contribution in [2.24, 2.45) is 0 Å². The van der Waals surface area contributed by atoms with E-state index in [9.17, 15) is 0 Å².